The van der Waals surface area contributed by atoms with E-state index in [4.69, 9.17) is 5.11 Å². The molecular formula is C26H31F3N2O6. The van der Waals surface area contributed by atoms with Gasteiger partial charge in [-0.15, -0.1) is 13.2 Å². The number of ether oxygens (including phenoxy) is 1. The lowest BCUT2D eigenvalue weighted by Crippen LogP contribution is -2.55. The van der Waals surface area contributed by atoms with Crippen molar-refractivity contribution < 1.29 is 42.5 Å². The van der Waals surface area contributed by atoms with Gasteiger partial charge < -0.3 is 25.6 Å². The number of carboxylic acid groups (broad SMARTS) is 1. The molecule has 0 aliphatic heterocycles. The molecule has 0 unspecified atom stereocenters. The first-order valence-electron chi connectivity index (χ1n) is 11.7. The van der Waals surface area contributed by atoms with Crippen molar-refractivity contribution in [3.05, 3.63) is 65.7 Å². The molecule has 0 heterocycles. The fourth-order valence-electron chi connectivity index (χ4n) is 3.65. The molecule has 0 aliphatic carbocycles. The van der Waals surface area contributed by atoms with Gasteiger partial charge in [-0.1, -0.05) is 56.3 Å². The van der Waals surface area contributed by atoms with Gasteiger partial charge in [0.1, 0.15) is 11.8 Å². The Morgan fingerprint density at radius 2 is 1.57 bits per heavy atom. The van der Waals surface area contributed by atoms with Crippen molar-refractivity contribution >= 4 is 17.8 Å². The lowest BCUT2D eigenvalue weighted by Gasteiger charge is -2.28. The van der Waals surface area contributed by atoms with Crippen LogP contribution in [0, 0.1) is 5.92 Å². The van der Waals surface area contributed by atoms with Crippen LogP contribution in [0.25, 0.3) is 0 Å². The molecule has 11 heteroatoms. The summed E-state index contributed by atoms with van der Waals surface area (Å²) in [6, 6.07) is 12.1. The van der Waals surface area contributed by atoms with Crippen molar-refractivity contribution in [3.8, 4) is 5.75 Å². The minimum atomic E-state index is -4.82. The minimum absolute atomic E-state index is 0.0696. The highest BCUT2D eigenvalue weighted by atomic mass is 19.4. The van der Waals surface area contributed by atoms with Gasteiger partial charge >= 0.3 is 12.3 Å². The van der Waals surface area contributed by atoms with E-state index in [-0.39, 0.29) is 31.6 Å². The van der Waals surface area contributed by atoms with Gasteiger partial charge in [0.2, 0.25) is 11.8 Å². The van der Waals surface area contributed by atoms with Crippen molar-refractivity contribution in [3.63, 3.8) is 0 Å². The smallest absolute Gasteiger partial charge is 0.481 e. The van der Waals surface area contributed by atoms with Crippen molar-refractivity contribution in [1.29, 1.82) is 0 Å². The van der Waals surface area contributed by atoms with Gasteiger partial charge in [0, 0.05) is 6.42 Å². The summed E-state index contributed by atoms with van der Waals surface area (Å²) in [6.45, 7) is 3.45. The quantitative estimate of drug-likeness (QED) is 0.319. The second-order valence-corrected chi connectivity index (χ2v) is 8.96. The third kappa shape index (κ3) is 10.9. The Kier molecular flexibility index (Phi) is 10.9. The van der Waals surface area contributed by atoms with E-state index in [1.165, 1.54) is 12.1 Å². The highest BCUT2D eigenvalue weighted by Gasteiger charge is 2.31. The van der Waals surface area contributed by atoms with E-state index in [9.17, 15) is 32.7 Å². The standard InChI is InChI=1S/C26H31F3N2O6/c1-16(2)24(31-22(33)15-18-8-10-19(11-9-18)37-26(27,28)29)25(36)30-20(21(32)12-13-23(34)35)14-17-6-4-3-5-7-17/h3-11,16,20-21,24,32H,12-15H2,1-2H3,(H,30,36)(H,31,33)(H,34,35)/t20-,21-,24-/m0/s1. The molecule has 0 bridgehead atoms. The zero-order chi connectivity index (χ0) is 27.6. The van der Waals surface area contributed by atoms with E-state index in [0.29, 0.717) is 5.56 Å². The third-order valence-electron chi connectivity index (χ3n) is 5.53. The Morgan fingerprint density at radius 3 is 2.11 bits per heavy atom. The summed E-state index contributed by atoms with van der Waals surface area (Å²) in [4.78, 5) is 36.7. The van der Waals surface area contributed by atoms with Crippen LogP contribution in [-0.4, -0.2) is 52.5 Å². The number of aliphatic carboxylic acids is 1. The number of hydrogen-bond donors (Lipinski definition) is 4. The number of aliphatic hydroxyl groups is 1. The SMILES string of the molecule is CC(C)[C@H](NC(=O)Cc1ccc(OC(F)(F)F)cc1)C(=O)N[C@@H](Cc1ccccc1)[C@@H](O)CCC(=O)O. The second-order valence-electron chi connectivity index (χ2n) is 8.96. The molecule has 0 radical (unpaired) electrons. The number of benzene rings is 2. The first kappa shape index (κ1) is 29.6. The maximum atomic E-state index is 13.1. The topological polar surface area (TPSA) is 125 Å². The van der Waals surface area contributed by atoms with Crippen molar-refractivity contribution in [2.24, 2.45) is 5.92 Å². The fourth-order valence-corrected chi connectivity index (χ4v) is 3.65. The average Bonchev–Trinajstić information content (AvgIpc) is 2.81. The van der Waals surface area contributed by atoms with E-state index >= 15 is 0 Å². The monoisotopic (exact) mass is 524 g/mol. The molecule has 0 aromatic heterocycles. The Morgan fingerprint density at radius 1 is 0.946 bits per heavy atom. The van der Waals surface area contributed by atoms with Crippen LogP contribution in [0.1, 0.15) is 37.8 Å². The summed E-state index contributed by atoms with van der Waals surface area (Å²) in [5, 5.41) is 25.0. The van der Waals surface area contributed by atoms with Gasteiger partial charge in [0.25, 0.3) is 0 Å². The first-order valence-corrected chi connectivity index (χ1v) is 11.7. The number of carboxylic acids is 1. The predicted molar refractivity (Wildman–Crippen MR) is 129 cm³/mol. The maximum absolute atomic E-state index is 13.1. The molecule has 4 N–H and O–H groups in total. The Balaban J connectivity index is 2.06. The van der Waals surface area contributed by atoms with Crippen LogP contribution in [-0.2, 0) is 27.2 Å². The van der Waals surface area contributed by atoms with Crippen molar-refractivity contribution in [2.45, 2.75) is 64.1 Å². The van der Waals surface area contributed by atoms with Crippen LogP contribution in [0.3, 0.4) is 0 Å². The van der Waals surface area contributed by atoms with Crippen LogP contribution in [0.15, 0.2) is 54.6 Å². The van der Waals surface area contributed by atoms with Gasteiger partial charge in [-0.2, -0.15) is 0 Å². The number of carbonyl (C=O) groups excluding carboxylic acids is 2. The van der Waals surface area contributed by atoms with Crippen molar-refractivity contribution in [2.75, 3.05) is 0 Å². The zero-order valence-corrected chi connectivity index (χ0v) is 20.5. The minimum Gasteiger partial charge on any atom is -0.481 e. The van der Waals surface area contributed by atoms with E-state index in [1.807, 2.05) is 18.2 Å². The molecule has 0 aliphatic rings. The van der Waals surface area contributed by atoms with Gasteiger partial charge in [0.15, 0.2) is 0 Å². The van der Waals surface area contributed by atoms with Gasteiger partial charge in [-0.25, -0.2) is 0 Å². The third-order valence-corrected chi connectivity index (χ3v) is 5.53. The van der Waals surface area contributed by atoms with E-state index < -0.39 is 48.1 Å². The Bertz CT molecular complexity index is 1030. The highest BCUT2D eigenvalue weighted by Crippen LogP contribution is 2.23. The number of carbonyl (C=O) groups is 3. The van der Waals surface area contributed by atoms with Gasteiger partial charge in [0.05, 0.1) is 18.6 Å². The summed E-state index contributed by atoms with van der Waals surface area (Å²) < 4.78 is 40.8. The lowest BCUT2D eigenvalue weighted by atomic mass is 9.96. The highest BCUT2D eigenvalue weighted by molar-refractivity contribution is 5.88. The largest absolute Gasteiger partial charge is 0.573 e. The first-order chi connectivity index (χ1) is 17.3. The van der Waals surface area contributed by atoms with Crippen molar-refractivity contribution in [1.82, 2.24) is 10.6 Å². The molecule has 2 aromatic rings. The molecule has 2 amide bonds. The summed E-state index contributed by atoms with van der Waals surface area (Å²) in [5.74, 6) is -2.90. The van der Waals surface area contributed by atoms with E-state index in [1.54, 1.807) is 26.0 Å². The van der Waals surface area contributed by atoms with E-state index in [2.05, 4.69) is 15.4 Å². The van der Waals surface area contributed by atoms with Gasteiger partial charge in [-0.05, 0) is 42.0 Å². The maximum Gasteiger partial charge on any atom is 0.573 e. The Labute approximate surface area is 212 Å². The normalized spacial score (nSPS) is 13.9. The number of hydrogen-bond acceptors (Lipinski definition) is 5. The number of aliphatic hydroxyl groups excluding tert-OH is 1. The Hall–Kier alpha value is -3.60. The summed E-state index contributed by atoms with van der Waals surface area (Å²) in [6.07, 6.45) is -6.24. The number of halogens is 3. The molecule has 0 fully saturated rings. The summed E-state index contributed by atoms with van der Waals surface area (Å²) in [5.41, 5.74) is 1.24. The molecule has 0 saturated heterocycles. The molecule has 3 atom stereocenters. The second kappa shape index (κ2) is 13.6. The number of amides is 2. The van der Waals surface area contributed by atoms with Crippen LogP contribution < -0.4 is 15.4 Å². The van der Waals surface area contributed by atoms with Crippen LogP contribution >= 0.6 is 0 Å². The molecule has 37 heavy (non-hydrogen) atoms. The zero-order valence-electron chi connectivity index (χ0n) is 20.5. The molecule has 2 aromatic carbocycles. The van der Waals surface area contributed by atoms with Crippen LogP contribution in [0.4, 0.5) is 13.2 Å². The molecule has 8 nitrogen and oxygen atoms in total. The van der Waals surface area contributed by atoms with Crippen LogP contribution in [0.5, 0.6) is 5.75 Å². The average molecular weight is 525 g/mol. The summed E-state index contributed by atoms with van der Waals surface area (Å²) >= 11 is 0. The molecule has 202 valence electrons. The summed E-state index contributed by atoms with van der Waals surface area (Å²) in [7, 11) is 0. The molecule has 2 rings (SSSR count). The predicted octanol–water partition coefficient (Wildman–Crippen LogP) is 3.22. The molecule has 0 spiro atoms. The van der Waals surface area contributed by atoms with Crippen LogP contribution in [0.2, 0.25) is 0 Å². The number of nitrogens with one attached hydrogen (secondary N) is 2. The molecule has 0 saturated carbocycles. The number of rotatable bonds is 13. The number of alkyl halides is 3. The molecular weight excluding hydrogens is 493 g/mol. The fraction of sp³-hybridized carbons (Fsp3) is 0.423. The van der Waals surface area contributed by atoms with Gasteiger partial charge in [-0.3, -0.25) is 14.4 Å². The van der Waals surface area contributed by atoms with E-state index in [0.717, 1.165) is 17.7 Å². The lowest BCUT2D eigenvalue weighted by molar-refractivity contribution is -0.274.